The highest BCUT2D eigenvalue weighted by Gasteiger charge is 2.24. The Hall–Kier alpha value is -2.62. The van der Waals surface area contributed by atoms with Crippen LogP contribution in [0.2, 0.25) is 0 Å². The Morgan fingerprint density at radius 2 is 1.56 bits per heavy atom. The fraction of sp³-hybridized carbons (Fsp3) is 0.333. The van der Waals surface area contributed by atoms with Gasteiger partial charge in [0.1, 0.15) is 5.75 Å². The molecule has 4 nitrogen and oxygen atoms in total. The molecule has 2 aromatic carbocycles. The maximum atomic E-state index is 12.5. The van der Waals surface area contributed by atoms with Crippen LogP contribution >= 0.6 is 0 Å². The summed E-state index contributed by atoms with van der Waals surface area (Å²) in [4.78, 5) is 26.2. The molecule has 1 saturated carbocycles. The SMILES string of the molecule is Cc1ccc(C(=O)N(C)c2ccc(OC(=O)C3CCCC3)cc2)cc1. The van der Waals surface area contributed by atoms with Gasteiger partial charge < -0.3 is 9.64 Å². The smallest absolute Gasteiger partial charge is 0.314 e. The second-order valence-corrected chi connectivity index (χ2v) is 6.63. The van der Waals surface area contributed by atoms with E-state index in [1.54, 1.807) is 36.2 Å². The van der Waals surface area contributed by atoms with Crippen molar-refractivity contribution in [3.8, 4) is 5.75 Å². The lowest BCUT2D eigenvalue weighted by Crippen LogP contribution is -2.26. The van der Waals surface area contributed by atoms with E-state index >= 15 is 0 Å². The second-order valence-electron chi connectivity index (χ2n) is 6.63. The second kappa shape index (κ2) is 7.51. The third kappa shape index (κ3) is 4.08. The summed E-state index contributed by atoms with van der Waals surface area (Å²) in [6, 6.07) is 14.6. The van der Waals surface area contributed by atoms with Crippen LogP contribution in [0.25, 0.3) is 0 Å². The Morgan fingerprint density at radius 1 is 0.960 bits per heavy atom. The van der Waals surface area contributed by atoms with Crippen LogP contribution in [0.4, 0.5) is 5.69 Å². The molecule has 4 heteroatoms. The number of esters is 1. The Labute approximate surface area is 148 Å². The Kier molecular flexibility index (Phi) is 5.17. The van der Waals surface area contributed by atoms with Crippen molar-refractivity contribution in [1.29, 1.82) is 0 Å². The minimum Gasteiger partial charge on any atom is -0.426 e. The van der Waals surface area contributed by atoms with E-state index in [1.165, 1.54) is 0 Å². The summed E-state index contributed by atoms with van der Waals surface area (Å²) in [6.07, 6.45) is 4.05. The molecule has 1 fully saturated rings. The zero-order valence-electron chi connectivity index (χ0n) is 14.7. The van der Waals surface area contributed by atoms with E-state index in [1.807, 2.05) is 31.2 Å². The molecule has 1 aliphatic carbocycles. The maximum absolute atomic E-state index is 12.5. The Balaban J connectivity index is 1.65. The van der Waals surface area contributed by atoms with Gasteiger partial charge in [-0.15, -0.1) is 0 Å². The molecule has 0 N–H and O–H groups in total. The van der Waals surface area contributed by atoms with Crippen LogP contribution in [0.3, 0.4) is 0 Å². The van der Waals surface area contributed by atoms with Gasteiger partial charge in [0.05, 0.1) is 5.92 Å². The predicted octanol–water partition coefficient (Wildman–Crippen LogP) is 4.37. The monoisotopic (exact) mass is 337 g/mol. The fourth-order valence-corrected chi connectivity index (χ4v) is 3.11. The number of nitrogens with zero attached hydrogens (tertiary/aromatic N) is 1. The van der Waals surface area contributed by atoms with E-state index in [4.69, 9.17) is 4.74 Å². The Morgan fingerprint density at radius 3 is 2.16 bits per heavy atom. The van der Waals surface area contributed by atoms with Crippen molar-refractivity contribution < 1.29 is 14.3 Å². The van der Waals surface area contributed by atoms with Crippen molar-refractivity contribution in [3.05, 3.63) is 59.7 Å². The molecule has 3 rings (SSSR count). The van der Waals surface area contributed by atoms with Crippen LogP contribution in [0.1, 0.15) is 41.6 Å². The molecule has 0 aromatic heterocycles. The maximum Gasteiger partial charge on any atom is 0.314 e. The topological polar surface area (TPSA) is 46.6 Å². The lowest BCUT2D eigenvalue weighted by atomic mass is 10.1. The van der Waals surface area contributed by atoms with Crippen LogP contribution in [-0.4, -0.2) is 18.9 Å². The highest BCUT2D eigenvalue weighted by atomic mass is 16.5. The number of ether oxygens (including phenoxy) is 1. The van der Waals surface area contributed by atoms with Crippen LogP contribution < -0.4 is 9.64 Å². The molecule has 25 heavy (non-hydrogen) atoms. The first kappa shape index (κ1) is 17.2. The van der Waals surface area contributed by atoms with Crippen LogP contribution in [0.15, 0.2) is 48.5 Å². The number of rotatable bonds is 4. The van der Waals surface area contributed by atoms with Gasteiger partial charge in [0.15, 0.2) is 0 Å². The lowest BCUT2D eigenvalue weighted by molar-refractivity contribution is -0.138. The first-order valence-corrected chi connectivity index (χ1v) is 8.71. The van der Waals surface area contributed by atoms with Gasteiger partial charge in [-0.1, -0.05) is 30.5 Å². The standard InChI is InChI=1S/C21H23NO3/c1-15-7-9-16(10-8-15)20(23)22(2)18-11-13-19(14-12-18)25-21(24)17-5-3-4-6-17/h7-14,17H,3-6H2,1-2H3. The average Bonchev–Trinajstić information content (AvgIpc) is 3.17. The quantitative estimate of drug-likeness (QED) is 0.615. The molecule has 0 radical (unpaired) electrons. The van der Waals surface area contributed by atoms with Crippen LogP contribution in [0.5, 0.6) is 5.75 Å². The first-order valence-electron chi connectivity index (χ1n) is 8.71. The van der Waals surface area contributed by atoms with Gasteiger partial charge >= 0.3 is 5.97 Å². The number of benzene rings is 2. The molecule has 0 aliphatic heterocycles. The van der Waals surface area contributed by atoms with E-state index < -0.39 is 0 Å². The Bertz CT molecular complexity index is 744. The average molecular weight is 337 g/mol. The summed E-state index contributed by atoms with van der Waals surface area (Å²) in [5, 5.41) is 0. The highest BCUT2D eigenvalue weighted by Crippen LogP contribution is 2.27. The fourth-order valence-electron chi connectivity index (χ4n) is 3.11. The normalized spacial score (nSPS) is 14.3. The zero-order chi connectivity index (χ0) is 17.8. The number of aryl methyl sites for hydroxylation is 1. The summed E-state index contributed by atoms with van der Waals surface area (Å²) in [6.45, 7) is 1.99. The van der Waals surface area contributed by atoms with Gasteiger partial charge in [-0.3, -0.25) is 9.59 Å². The molecular weight excluding hydrogens is 314 g/mol. The lowest BCUT2D eigenvalue weighted by Gasteiger charge is -2.18. The molecule has 0 unspecified atom stereocenters. The molecule has 0 atom stereocenters. The molecule has 0 bridgehead atoms. The van der Waals surface area contributed by atoms with Crippen molar-refractivity contribution in [3.63, 3.8) is 0 Å². The third-order valence-electron chi connectivity index (χ3n) is 4.73. The predicted molar refractivity (Wildman–Crippen MR) is 97.9 cm³/mol. The largest absolute Gasteiger partial charge is 0.426 e. The van der Waals surface area contributed by atoms with E-state index in [0.717, 1.165) is 36.9 Å². The van der Waals surface area contributed by atoms with Gasteiger partial charge in [-0.05, 0) is 56.2 Å². The number of hydrogen-bond donors (Lipinski definition) is 0. The molecule has 130 valence electrons. The highest BCUT2D eigenvalue weighted by molar-refractivity contribution is 6.05. The van der Waals surface area contributed by atoms with Crippen molar-refractivity contribution >= 4 is 17.6 Å². The van der Waals surface area contributed by atoms with Gasteiger partial charge in [0.2, 0.25) is 0 Å². The molecule has 1 amide bonds. The van der Waals surface area contributed by atoms with E-state index in [2.05, 4.69) is 0 Å². The molecule has 2 aromatic rings. The summed E-state index contributed by atoms with van der Waals surface area (Å²) in [5.41, 5.74) is 2.52. The van der Waals surface area contributed by atoms with E-state index in [9.17, 15) is 9.59 Å². The van der Waals surface area contributed by atoms with Crippen molar-refractivity contribution in [2.24, 2.45) is 5.92 Å². The zero-order valence-corrected chi connectivity index (χ0v) is 14.7. The minimum absolute atomic E-state index is 0.0328. The van der Waals surface area contributed by atoms with E-state index in [-0.39, 0.29) is 17.8 Å². The van der Waals surface area contributed by atoms with E-state index in [0.29, 0.717) is 11.3 Å². The minimum atomic E-state index is -0.144. The number of hydrogen-bond acceptors (Lipinski definition) is 3. The summed E-state index contributed by atoms with van der Waals surface area (Å²) < 4.78 is 5.45. The summed E-state index contributed by atoms with van der Waals surface area (Å²) in [7, 11) is 1.74. The molecule has 0 saturated heterocycles. The van der Waals surface area contributed by atoms with Gasteiger partial charge in [0.25, 0.3) is 5.91 Å². The van der Waals surface area contributed by atoms with Crippen molar-refractivity contribution in [2.75, 3.05) is 11.9 Å². The molecule has 0 heterocycles. The molecular formula is C21H23NO3. The number of amides is 1. The van der Waals surface area contributed by atoms with Gasteiger partial charge in [-0.25, -0.2) is 0 Å². The number of carbonyl (C=O) groups excluding carboxylic acids is 2. The van der Waals surface area contributed by atoms with Crippen molar-refractivity contribution in [1.82, 2.24) is 0 Å². The van der Waals surface area contributed by atoms with Crippen LogP contribution in [-0.2, 0) is 4.79 Å². The molecule has 0 spiro atoms. The summed E-state index contributed by atoms with van der Waals surface area (Å²) in [5.74, 6) is 0.340. The number of anilines is 1. The number of carbonyl (C=O) groups is 2. The van der Waals surface area contributed by atoms with Gasteiger partial charge in [-0.2, -0.15) is 0 Å². The van der Waals surface area contributed by atoms with Gasteiger partial charge in [0, 0.05) is 18.3 Å². The van der Waals surface area contributed by atoms with Crippen molar-refractivity contribution in [2.45, 2.75) is 32.6 Å². The molecule has 1 aliphatic rings. The summed E-state index contributed by atoms with van der Waals surface area (Å²) >= 11 is 0. The van der Waals surface area contributed by atoms with Crippen LogP contribution in [0, 0.1) is 12.8 Å². The first-order chi connectivity index (χ1) is 12.0. The third-order valence-corrected chi connectivity index (χ3v) is 4.73.